The molecule has 134 valence electrons. The molecule has 2 heterocycles. The second-order valence-electron chi connectivity index (χ2n) is 7.40. The third kappa shape index (κ3) is 2.58. The fraction of sp³-hybridized carbons (Fsp3) is 0.273. The number of nitriles is 1. The first-order valence-corrected chi connectivity index (χ1v) is 9.60. The summed E-state index contributed by atoms with van der Waals surface area (Å²) in [7, 11) is 0. The lowest BCUT2D eigenvalue weighted by Crippen LogP contribution is -2.31. The van der Waals surface area contributed by atoms with Gasteiger partial charge in [0.15, 0.2) is 0 Å². The van der Waals surface area contributed by atoms with Crippen molar-refractivity contribution in [3.63, 3.8) is 0 Å². The van der Waals surface area contributed by atoms with Gasteiger partial charge in [0.05, 0.1) is 28.0 Å². The van der Waals surface area contributed by atoms with Gasteiger partial charge in [0, 0.05) is 30.4 Å². The maximum Gasteiger partial charge on any atom is 0.0994 e. The Labute approximate surface area is 163 Å². The van der Waals surface area contributed by atoms with Gasteiger partial charge in [-0.1, -0.05) is 35.9 Å². The van der Waals surface area contributed by atoms with Gasteiger partial charge < -0.3 is 0 Å². The van der Waals surface area contributed by atoms with Crippen LogP contribution in [0.1, 0.15) is 33.6 Å². The molecule has 0 bridgehead atoms. The van der Waals surface area contributed by atoms with Crippen molar-refractivity contribution in [3.8, 4) is 11.8 Å². The lowest BCUT2D eigenvalue weighted by molar-refractivity contribution is 0.202. The number of halogens is 1. The predicted molar refractivity (Wildman–Crippen MR) is 105 cm³/mol. The molecule has 0 saturated carbocycles. The first-order chi connectivity index (χ1) is 13.2. The van der Waals surface area contributed by atoms with Crippen molar-refractivity contribution < 1.29 is 0 Å². The van der Waals surface area contributed by atoms with Crippen LogP contribution in [0.3, 0.4) is 0 Å². The van der Waals surface area contributed by atoms with Crippen LogP contribution in [0, 0.1) is 18.3 Å². The number of hydrogen-bond donors (Lipinski definition) is 0. The molecule has 0 fully saturated rings. The molecule has 0 radical (unpaired) electrons. The summed E-state index contributed by atoms with van der Waals surface area (Å²) in [5.41, 5.74) is 7.93. The van der Waals surface area contributed by atoms with Crippen molar-refractivity contribution in [2.45, 2.75) is 38.9 Å². The largest absolute Gasteiger partial charge is 0.289 e. The van der Waals surface area contributed by atoms with Crippen LogP contribution in [-0.2, 0) is 25.9 Å². The fourth-order valence-corrected chi connectivity index (χ4v) is 4.70. The van der Waals surface area contributed by atoms with Crippen LogP contribution in [0.2, 0.25) is 5.02 Å². The van der Waals surface area contributed by atoms with E-state index in [2.05, 4.69) is 24.0 Å². The molecule has 1 aliphatic heterocycles. The molecule has 1 unspecified atom stereocenters. The molecule has 1 aromatic heterocycles. The zero-order valence-corrected chi connectivity index (χ0v) is 15.9. The van der Waals surface area contributed by atoms with Gasteiger partial charge in [-0.15, -0.1) is 0 Å². The highest BCUT2D eigenvalue weighted by atomic mass is 35.5. The Balaban J connectivity index is 1.40. The number of rotatable bonds is 2. The minimum absolute atomic E-state index is 0.442. The predicted octanol–water partition coefficient (Wildman–Crippen LogP) is 4.19. The van der Waals surface area contributed by atoms with Gasteiger partial charge in [-0.3, -0.25) is 4.90 Å². The molecular formula is C22H19ClN4. The second-order valence-corrected chi connectivity index (χ2v) is 7.80. The molecule has 1 aliphatic carbocycles. The molecule has 0 N–H and O–H groups in total. The summed E-state index contributed by atoms with van der Waals surface area (Å²) in [6.45, 7) is 3.89. The van der Waals surface area contributed by atoms with Gasteiger partial charge >= 0.3 is 0 Å². The third-order valence-corrected chi connectivity index (χ3v) is 6.24. The van der Waals surface area contributed by atoms with Gasteiger partial charge in [0.1, 0.15) is 0 Å². The van der Waals surface area contributed by atoms with Crippen LogP contribution in [0.5, 0.6) is 0 Å². The lowest BCUT2D eigenvalue weighted by atomic mass is 10.0. The van der Waals surface area contributed by atoms with Crippen LogP contribution >= 0.6 is 11.6 Å². The zero-order valence-electron chi connectivity index (χ0n) is 15.1. The maximum atomic E-state index is 9.37. The van der Waals surface area contributed by atoms with E-state index in [1.54, 1.807) is 0 Å². The first-order valence-electron chi connectivity index (χ1n) is 9.23. The summed E-state index contributed by atoms with van der Waals surface area (Å²) in [5.74, 6) is 0. The smallest absolute Gasteiger partial charge is 0.0994 e. The Morgan fingerprint density at radius 3 is 2.70 bits per heavy atom. The topological polar surface area (TPSA) is 44.9 Å². The quantitative estimate of drug-likeness (QED) is 0.675. The molecule has 0 spiro atoms. The monoisotopic (exact) mass is 374 g/mol. The fourth-order valence-electron chi connectivity index (χ4n) is 4.48. The molecule has 3 aromatic rings. The summed E-state index contributed by atoms with van der Waals surface area (Å²) < 4.78 is 1.97. The van der Waals surface area contributed by atoms with E-state index in [1.807, 2.05) is 41.1 Å². The van der Waals surface area contributed by atoms with E-state index in [-0.39, 0.29) is 0 Å². The van der Waals surface area contributed by atoms with Crippen molar-refractivity contribution in [2.75, 3.05) is 0 Å². The number of nitrogens with zero attached hydrogens (tertiary/aromatic N) is 4. The van der Waals surface area contributed by atoms with Gasteiger partial charge in [-0.05, 0) is 49.1 Å². The van der Waals surface area contributed by atoms with E-state index in [4.69, 9.17) is 16.7 Å². The summed E-state index contributed by atoms with van der Waals surface area (Å²) in [4.78, 5) is 2.50. The van der Waals surface area contributed by atoms with Crippen molar-refractivity contribution in [1.29, 1.82) is 5.26 Å². The van der Waals surface area contributed by atoms with Crippen molar-refractivity contribution in [1.82, 2.24) is 14.7 Å². The highest BCUT2D eigenvalue weighted by molar-refractivity contribution is 6.32. The Bertz CT molecular complexity index is 1090. The number of benzene rings is 2. The van der Waals surface area contributed by atoms with Crippen molar-refractivity contribution in [2.24, 2.45) is 0 Å². The molecule has 27 heavy (non-hydrogen) atoms. The Morgan fingerprint density at radius 2 is 1.93 bits per heavy atom. The normalized spacial score (nSPS) is 18.3. The number of fused-ring (bicyclic) bond motifs is 2. The minimum atomic E-state index is 0.442. The molecule has 5 rings (SSSR count). The van der Waals surface area contributed by atoms with Crippen LogP contribution in [-0.4, -0.2) is 20.7 Å². The Hall–Kier alpha value is -2.61. The average molecular weight is 375 g/mol. The van der Waals surface area contributed by atoms with E-state index in [0.29, 0.717) is 11.1 Å². The highest BCUT2D eigenvalue weighted by Crippen LogP contribution is 2.35. The Morgan fingerprint density at radius 1 is 1.07 bits per heavy atom. The zero-order chi connectivity index (χ0) is 18.5. The number of hydrogen-bond acceptors (Lipinski definition) is 3. The average Bonchev–Trinajstić information content (AvgIpc) is 3.36. The Kier molecular flexibility index (Phi) is 3.82. The lowest BCUT2D eigenvalue weighted by Gasteiger charge is -2.23. The highest BCUT2D eigenvalue weighted by Gasteiger charge is 2.34. The van der Waals surface area contributed by atoms with Gasteiger partial charge in [-0.25, -0.2) is 4.68 Å². The first kappa shape index (κ1) is 16.6. The van der Waals surface area contributed by atoms with E-state index >= 15 is 0 Å². The molecule has 4 nitrogen and oxygen atoms in total. The van der Waals surface area contributed by atoms with Crippen molar-refractivity contribution in [3.05, 3.63) is 81.1 Å². The van der Waals surface area contributed by atoms with Crippen LogP contribution < -0.4 is 0 Å². The summed E-state index contributed by atoms with van der Waals surface area (Å²) in [5, 5.41) is 15.0. The summed E-state index contributed by atoms with van der Waals surface area (Å²) >= 11 is 6.37. The van der Waals surface area contributed by atoms with Crippen LogP contribution in [0.15, 0.2) is 42.5 Å². The standard InChI is InChI=1S/C22H19ClN4/c1-14-19-12-26(17-9-15-5-4-6-16(11-24)18(15)10-17)13-21(19)25-27(14)22-8-3-2-7-20(22)23/h2-8,17H,9-10,12-13H2,1H3. The van der Waals surface area contributed by atoms with Gasteiger partial charge in [0.25, 0.3) is 0 Å². The van der Waals surface area contributed by atoms with Crippen LogP contribution in [0.4, 0.5) is 0 Å². The van der Waals surface area contributed by atoms with Crippen molar-refractivity contribution >= 4 is 11.6 Å². The van der Waals surface area contributed by atoms with Crippen LogP contribution in [0.25, 0.3) is 5.69 Å². The van der Waals surface area contributed by atoms with Gasteiger partial charge in [0.2, 0.25) is 0 Å². The third-order valence-electron chi connectivity index (χ3n) is 5.92. The minimum Gasteiger partial charge on any atom is -0.289 e. The van der Waals surface area contributed by atoms with E-state index < -0.39 is 0 Å². The molecule has 0 saturated heterocycles. The molecule has 2 aliphatic rings. The summed E-state index contributed by atoms with van der Waals surface area (Å²) in [6, 6.07) is 16.7. The number of para-hydroxylation sites is 1. The van der Waals surface area contributed by atoms with E-state index in [9.17, 15) is 5.26 Å². The van der Waals surface area contributed by atoms with Gasteiger partial charge in [-0.2, -0.15) is 10.4 Å². The molecule has 5 heteroatoms. The number of aromatic nitrogens is 2. The molecule has 1 atom stereocenters. The SMILES string of the molecule is Cc1c2c(nn1-c1ccccc1Cl)CN(C1Cc3cccc(C#N)c3C1)C2. The molecule has 0 amide bonds. The maximum absolute atomic E-state index is 9.37. The van der Waals surface area contributed by atoms with E-state index in [0.717, 1.165) is 48.6 Å². The second kappa shape index (κ2) is 6.23. The molecule has 2 aromatic carbocycles. The summed E-state index contributed by atoms with van der Waals surface area (Å²) in [6.07, 6.45) is 1.96. The molecular weight excluding hydrogens is 356 g/mol. The van der Waals surface area contributed by atoms with E-state index in [1.165, 1.54) is 16.7 Å².